The normalized spacial score (nSPS) is 22.5. The van der Waals surface area contributed by atoms with Crippen LogP contribution < -0.4 is 10.0 Å². The summed E-state index contributed by atoms with van der Waals surface area (Å²) in [6.07, 6.45) is 4.66. The molecular formula is C17H35N5O2S. The van der Waals surface area contributed by atoms with Crippen LogP contribution in [0.5, 0.6) is 0 Å². The Bertz CT molecular complexity index is 529. The molecule has 1 aliphatic carbocycles. The van der Waals surface area contributed by atoms with Gasteiger partial charge in [-0.3, -0.25) is 9.89 Å². The van der Waals surface area contributed by atoms with Gasteiger partial charge < -0.3 is 10.2 Å². The predicted molar refractivity (Wildman–Crippen MR) is 103 cm³/mol. The zero-order chi connectivity index (χ0) is 18.3. The molecule has 1 aliphatic heterocycles. The van der Waals surface area contributed by atoms with Crippen LogP contribution in [0.3, 0.4) is 0 Å². The highest BCUT2D eigenvalue weighted by atomic mass is 32.2. The highest BCUT2D eigenvalue weighted by Crippen LogP contribution is 2.25. The molecular weight excluding hydrogens is 338 g/mol. The molecule has 0 spiro atoms. The lowest BCUT2D eigenvalue weighted by Crippen LogP contribution is -2.45. The third kappa shape index (κ3) is 6.11. The van der Waals surface area contributed by atoms with Gasteiger partial charge in [0, 0.05) is 39.3 Å². The number of likely N-dealkylation sites (tertiary alicyclic amines) is 1. The third-order valence-electron chi connectivity index (χ3n) is 5.47. The summed E-state index contributed by atoms with van der Waals surface area (Å²) in [5.74, 6) is 1.44. The second-order valence-corrected chi connectivity index (χ2v) is 8.97. The largest absolute Gasteiger partial charge is 0.355 e. The van der Waals surface area contributed by atoms with Gasteiger partial charge in [-0.1, -0.05) is 20.3 Å². The summed E-state index contributed by atoms with van der Waals surface area (Å²) in [5, 5.41) is 3.22. The summed E-state index contributed by atoms with van der Waals surface area (Å²) < 4.78 is 26.9. The van der Waals surface area contributed by atoms with Crippen molar-refractivity contribution in [2.24, 2.45) is 10.9 Å². The van der Waals surface area contributed by atoms with Gasteiger partial charge in [0.25, 0.3) is 0 Å². The van der Waals surface area contributed by atoms with Crippen LogP contribution in [0, 0.1) is 5.92 Å². The molecule has 0 aromatic rings. The van der Waals surface area contributed by atoms with Crippen molar-refractivity contribution in [1.29, 1.82) is 0 Å². The lowest BCUT2D eigenvalue weighted by molar-refractivity contribution is 0.223. The van der Waals surface area contributed by atoms with Crippen LogP contribution in [0.1, 0.15) is 39.5 Å². The summed E-state index contributed by atoms with van der Waals surface area (Å²) >= 11 is 0. The zero-order valence-electron chi connectivity index (χ0n) is 16.0. The zero-order valence-corrected chi connectivity index (χ0v) is 16.8. The monoisotopic (exact) mass is 373 g/mol. The Labute approximate surface area is 153 Å². The Morgan fingerprint density at radius 1 is 1.24 bits per heavy atom. The summed E-state index contributed by atoms with van der Waals surface area (Å²) in [5.41, 5.74) is 0. The molecule has 25 heavy (non-hydrogen) atoms. The number of hydrogen-bond acceptors (Lipinski definition) is 4. The number of sulfonamides is 1. The summed E-state index contributed by atoms with van der Waals surface area (Å²) in [6, 6.07) is 0.557. The standard InChI is InChI=1S/C17H35N5O2S/c1-4-21(5-2)16-9-11-22(14-16)17(18-3)19-10-12-25(23,24)20-13-15-7-6-8-15/h15-16,20H,4-14H2,1-3H3,(H,18,19). The van der Waals surface area contributed by atoms with E-state index in [1.807, 2.05) is 0 Å². The number of likely N-dealkylation sites (N-methyl/N-ethyl adjacent to an activating group) is 1. The van der Waals surface area contributed by atoms with Gasteiger partial charge in [-0.15, -0.1) is 0 Å². The van der Waals surface area contributed by atoms with E-state index >= 15 is 0 Å². The highest BCUT2D eigenvalue weighted by molar-refractivity contribution is 7.89. The van der Waals surface area contributed by atoms with Crippen LogP contribution in [0.25, 0.3) is 0 Å². The summed E-state index contributed by atoms with van der Waals surface area (Å²) in [7, 11) is -1.45. The van der Waals surface area contributed by atoms with E-state index in [0.717, 1.165) is 51.4 Å². The van der Waals surface area contributed by atoms with Gasteiger partial charge in [-0.05, 0) is 38.3 Å². The Balaban J connectivity index is 1.73. The minimum Gasteiger partial charge on any atom is -0.355 e. The first kappa shape index (κ1) is 20.5. The van der Waals surface area contributed by atoms with E-state index in [1.165, 1.54) is 6.42 Å². The minimum atomic E-state index is -3.21. The highest BCUT2D eigenvalue weighted by Gasteiger charge is 2.28. The molecule has 1 atom stereocenters. The molecule has 0 aromatic heterocycles. The van der Waals surface area contributed by atoms with E-state index in [2.05, 4.69) is 38.7 Å². The molecule has 2 N–H and O–H groups in total. The van der Waals surface area contributed by atoms with Gasteiger partial charge in [-0.25, -0.2) is 13.1 Å². The molecule has 0 bridgehead atoms. The van der Waals surface area contributed by atoms with E-state index in [9.17, 15) is 8.42 Å². The van der Waals surface area contributed by atoms with Crippen molar-refractivity contribution >= 4 is 16.0 Å². The number of nitrogens with zero attached hydrogens (tertiary/aromatic N) is 3. The molecule has 2 fully saturated rings. The van der Waals surface area contributed by atoms with Gasteiger partial charge in [0.05, 0.1) is 5.75 Å². The van der Waals surface area contributed by atoms with E-state index in [1.54, 1.807) is 7.05 Å². The maximum atomic E-state index is 12.1. The first-order valence-electron chi connectivity index (χ1n) is 9.66. The Kier molecular flexibility index (Phi) is 7.96. The lowest BCUT2D eigenvalue weighted by Gasteiger charge is -2.27. The molecule has 146 valence electrons. The number of guanidine groups is 1. The van der Waals surface area contributed by atoms with Crippen LogP contribution in [0.15, 0.2) is 4.99 Å². The second kappa shape index (κ2) is 9.73. The molecule has 1 unspecified atom stereocenters. The number of rotatable bonds is 9. The van der Waals surface area contributed by atoms with E-state index in [4.69, 9.17) is 0 Å². The number of aliphatic imine (C=N–C) groups is 1. The fraction of sp³-hybridized carbons (Fsp3) is 0.941. The van der Waals surface area contributed by atoms with Crippen molar-refractivity contribution in [2.45, 2.75) is 45.6 Å². The Morgan fingerprint density at radius 2 is 1.96 bits per heavy atom. The summed E-state index contributed by atoms with van der Waals surface area (Å²) in [4.78, 5) is 9.04. The van der Waals surface area contributed by atoms with Crippen molar-refractivity contribution in [3.05, 3.63) is 0 Å². The van der Waals surface area contributed by atoms with Crippen molar-refractivity contribution in [1.82, 2.24) is 19.8 Å². The van der Waals surface area contributed by atoms with Gasteiger partial charge in [0.15, 0.2) is 5.96 Å². The molecule has 7 nitrogen and oxygen atoms in total. The van der Waals surface area contributed by atoms with Crippen LogP contribution in [0.2, 0.25) is 0 Å². The predicted octanol–water partition coefficient (Wildman–Crippen LogP) is 0.697. The van der Waals surface area contributed by atoms with Crippen molar-refractivity contribution in [3.8, 4) is 0 Å². The first-order valence-corrected chi connectivity index (χ1v) is 11.3. The molecule has 0 amide bonds. The van der Waals surface area contributed by atoms with E-state index in [0.29, 0.717) is 25.0 Å². The quantitative estimate of drug-likeness (QED) is 0.459. The molecule has 1 heterocycles. The van der Waals surface area contributed by atoms with Gasteiger partial charge in [0.2, 0.25) is 10.0 Å². The molecule has 1 saturated heterocycles. The van der Waals surface area contributed by atoms with Crippen LogP contribution in [-0.2, 0) is 10.0 Å². The van der Waals surface area contributed by atoms with Crippen LogP contribution in [0.4, 0.5) is 0 Å². The van der Waals surface area contributed by atoms with E-state index in [-0.39, 0.29) is 5.75 Å². The molecule has 0 aromatic carbocycles. The average molecular weight is 374 g/mol. The van der Waals surface area contributed by atoms with Crippen molar-refractivity contribution < 1.29 is 8.42 Å². The fourth-order valence-corrected chi connectivity index (χ4v) is 4.62. The molecule has 2 aliphatic rings. The first-order chi connectivity index (χ1) is 12.0. The number of hydrogen-bond donors (Lipinski definition) is 2. The van der Waals surface area contributed by atoms with Gasteiger partial charge in [0.1, 0.15) is 0 Å². The third-order valence-corrected chi connectivity index (χ3v) is 6.82. The number of nitrogens with one attached hydrogen (secondary N) is 2. The van der Waals surface area contributed by atoms with Crippen molar-refractivity contribution in [2.75, 3.05) is 52.1 Å². The van der Waals surface area contributed by atoms with Gasteiger partial charge >= 0.3 is 0 Å². The average Bonchev–Trinajstić information content (AvgIpc) is 3.00. The fourth-order valence-electron chi connectivity index (χ4n) is 3.62. The molecule has 0 radical (unpaired) electrons. The maximum Gasteiger partial charge on any atom is 0.213 e. The van der Waals surface area contributed by atoms with Crippen molar-refractivity contribution in [3.63, 3.8) is 0 Å². The van der Waals surface area contributed by atoms with Crippen LogP contribution >= 0.6 is 0 Å². The Hall–Kier alpha value is -0.860. The summed E-state index contributed by atoms with van der Waals surface area (Å²) in [6.45, 7) is 9.41. The minimum absolute atomic E-state index is 0.0893. The molecule has 2 rings (SSSR count). The molecule has 1 saturated carbocycles. The SMILES string of the molecule is CCN(CC)C1CCN(C(=NC)NCCS(=O)(=O)NCC2CCC2)C1. The topological polar surface area (TPSA) is 77.0 Å². The Morgan fingerprint density at radius 3 is 2.52 bits per heavy atom. The van der Waals surface area contributed by atoms with Gasteiger partial charge in [-0.2, -0.15) is 0 Å². The van der Waals surface area contributed by atoms with Crippen LogP contribution in [-0.4, -0.2) is 82.3 Å². The molecule has 8 heteroatoms. The second-order valence-electron chi connectivity index (χ2n) is 7.05. The lowest BCUT2D eigenvalue weighted by atomic mass is 9.86. The maximum absolute atomic E-state index is 12.1. The van der Waals surface area contributed by atoms with E-state index < -0.39 is 10.0 Å². The smallest absolute Gasteiger partial charge is 0.213 e.